The monoisotopic (exact) mass is 258 g/mol. The summed E-state index contributed by atoms with van der Waals surface area (Å²) in [5.41, 5.74) is 4.80. The van der Waals surface area contributed by atoms with Crippen molar-refractivity contribution in [1.82, 2.24) is 15.2 Å². The summed E-state index contributed by atoms with van der Waals surface area (Å²) in [6.45, 7) is 1.81. The summed E-state index contributed by atoms with van der Waals surface area (Å²) in [6, 6.07) is 5.65. The molecule has 0 aliphatic carbocycles. The van der Waals surface area contributed by atoms with Gasteiger partial charge in [0.2, 0.25) is 0 Å². The molecule has 0 unspecified atom stereocenters. The Kier molecular flexibility index (Phi) is 2.56. The van der Waals surface area contributed by atoms with Gasteiger partial charge in [0.15, 0.2) is 0 Å². The predicted octanol–water partition coefficient (Wildman–Crippen LogP) is 2.58. The quantitative estimate of drug-likeness (QED) is 0.742. The minimum atomic E-state index is -0.162. The number of carbonyl (C=O) groups excluding carboxylic acids is 1. The van der Waals surface area contributed by atoms with Gasteiger partial charge in [-0.3, -0.25) is 9.89 Å². The van der Waals surface area contributed by atoms with Crippen molar-refractivity contribution in [1.29, 1.82) is 0 Å². The lowest BCUT2D eigenvalue weighted by Crippen LogP contribution is -2.12. The molecule has 2 aromatic heterocycles. The van der Waals surface area contributed by atoms with Crippen LogP contribution in [-0.4, -0.2) is 21.1 Å². The maximum Gasteiger partial charge on any atom is 0.259 e. The highest BCUT2D eigenvalue weighted by Crippen LogP contribution is 2.22. The van der Waals surface area contributed by atoms with Crippen molar-refractivity contribution in [3.8, 4) is 0 Å². The maximum atomic E-state index is 12.0. The lowest BCUT2D eigenvalue weighted by Gasteiger charge is -2.04. The van der Waals surface area contributed by atoms with Crippen molar-refractivity contribution in [2.24, 2.45) is 0 Å². The van der Waals surface area contributed by atoms with Crippen LogP contribution in [0.25, 0.3) is 10.2 Å². The second-order valence-electron chi connectivity index (χ2n) is 3.90. The summed E-state index contributed by atoms with van der Waals surface area (Å²) in [5.74, 6) is -0.162. The van der Waals surface area contributed by atoms with Crippen molar-refractivity contribution in [2.45, 2.75) is 6.92 Å². The smallest absolute Gasteiger partial charge is 0.259 e. The number of H-pyrrole nitrogens is 1. The molecule has 0 radical (unpaired) electrons. The minimum absolute atomic E-state index is 0.162. The largest absolute Gasteiger partial charge is 0.322 e. The number of anilines is 1. The van der Waals surface area contributed by atoms with E-state index in [4.69, 9.17) is 0 Å². The lowest BCUT2D eigenvalue weighted by molar-refractivity contribution is 0.102. The average molecular weight is 258 g/mol. The Hall–Kier alpha value is -2.21. The van der Waals surface area contributed by atoms with Gasteiger partial charge in [0, 0.05) is 11.4 Å². The number of hydrogen-bond acceptors (Lipinski definition) is 4. The van der Waals surface area contributed by atoms with Crippen LogP contribution in [0.4, 0.5) is 5.69 Å². The Labute approximate surface area is 107 Å². The van der Waals surface area contributed by atoms with Crippen LogP contribution < -0.4 is 5.32 Å². The first kappa shape index (κ1) is 10.9. The van der Waals surface area contributed by atoms with Gasteiger partial charge in [-0.1, -0.05) is 0 Å². The van der Waals surface area contributed by atoms with Crippen LogP contribution in [0.2, 0.25) is 0 Å². The number of amides is 1. The third kappa shape index (κ3) is 1.86. The van der Waals surface area contributed by atoms with Gasteiger partial charge in [-0.15, -0.1) is 11.3 Å². The van der Waals surface area contributed by atoms with Gasteiger partial charge < -0.3 is 5.32 Å². The van der Waals surface area contributed by atoms with Crippen LogP contribution in [0.15, 0.2) is 29.9 Å². The Morgan fingerprint density at radius 1 is 1.44 bits per heavy atom. The van der Waals surface area contributed by atoms with Gasteiger partial charge in [0.25, 0.3) is 5.91 Å². The van der Waals surface area contributed by atoms with E-state index in [0.29, 0.717) is 5.56 Å². The van der Waals surface area contributed by atoms with E-state index in [0.717, 1.165) is 21.6 Å². The second-order valence-corrected chi connectivity index (χ2v) is 4.78. The molecular formula is C12H10N4OS. The molecule has 0 fully saturated rings. The second kappa shape index (κ2) is 4.23. The van der Waals surface area contributed by atoms with Crippen LogP contribution in [0.1, 0.15) is 16.1 Å². The average Bonchev–Trinajstić information content (AvgIpc) is 2.96. The fourth-order valence-electron chi connectivity index (χ4n) is 1.71. The lowest BCUT2D eigenvalue weighted by atomic mass is 10.2. The number of nitrogens with zero attached hydrogens (tertiary/aromatic N) is 2. The number of rotatable bonds is 2. The summed E-state index contributed by atoms with van der Waals surface area (Å²) >= 11 is 1.55. The summed E-state index contributed by atoms with van der Waals surface area (Å²) in [6.07, 6.45) is 1.52. The van der Waals surface area contributed by atoms with E-state index in [9.17, 15) is 4.79 Å². The molecule has 5 nitrogen and oxygen atoms in total. The van der Waals surface area contributed by atoms with Gasteiger partial charge in [0.1, 0.15) is 0 Å². The summed E-state index contributed by atoms with van der Waals surface area (Å²) in [5, 5.41) is 9.42. The Balaban J connectivity index is 1.88. The number of benzene rings is 1. The molecular weight excluding hydrogens is 248 g/mol. The number of carbonyl (C=O) groups is 1. The van der Waals surface area contributed by atoms with E-state index in [1.54, 1.807) is 16.8 Å². The van der Waals surface area contributed by atoms with Crippen molar-refractivity contribution in [3.63, 3.8) is 0 Å². The van der Waals surface area contributed by atoms with Crippen LogP contribution in [-0.2, 0) is 0 Å². The zero-order chi connectivity index (χ0) is 12.5. The van der Waals surface area contributed by atoms with Crippen LogP contribution in [0.5, 0.6) is 0 Å². The van der Waals surface area contributed by atoms with Crippen molar-refractivity contribution in [2.75, 3.05) is 5.32 Å². The predicted molar refractivity (Wildman–Crippen MR) is 70.9 cm³/mol. The SMILES string of the molecule is Cc1[nH]ncc1C(=O)Nc1ccc2ncsc2c1. The number of fused-ring (bicyclic) bond motifs is 1. The van der Waals surface area contributed by atoms with E-state index in [1.807, 2.05) is 25.1 Å². The number of hydrogen-bond donors (Lipinski definition) is 2. The van der Waals surface area contributed by atoms with E-state index in [2.05, 4.69) is 20.5 Å². The zero-order valence-electron chi connectivity index (χ0n) is 9.60. The molecule has 18 heavy (non-hydrogen) atoms. The van der Waals surface area contributed by atoms with E-state index < -0.39 is 0 Å². The maximum absolute atomic E-state index is 12.0. The highest BCUT2D eigenvalue weighted by molar-refractivity contribution is 7.16. The fraction of sp³-hybridized carbons (Fsp3) is 0.0833. The molecule has 0 bridgehead atoms. The Morgan fingerprint density at radius 3 is 3.11 bits per heavy atom. The normalized spacial score (nSPS) is 10.7. The highest BCUT2D eigenvalue weighted by atomic mass is 32.1. The molecule has 3 aromatic rings. The van der Waals surface area contributed by atoms with Gasteiger partial charge in [-0.2, -0.15) is 5.10 Å². The molecule has 90 valence electrons. The van der Waals surface area contributed by atoms with E-state index in [-0.39, 0.29) is 5.91 Å². The molecule has 2 heterocycles. The molecule has 0 atom stereocenters. The van der Waals surface area contributed by atoms with E-state index >= 15 is 0 Å². The van der Waals surface area contributed by atoms with Crippen molar-refractivity contribution in [3.05, 3.63) is 41.2 Å². The summed E-state index contributed by atoms with van der Waals surface area (Å²) in [4.78, 5) is 16.2. The minimum Gasteiger partial charge on any atom is -0.322 e. The summed E-state index contributed by atoms with van der Waals surface area (Å²) < 4.78 is 1.05. The summed E-state index contributed by atoms with van der Waals surface area (Å²) in [7, 11) is 0. The number of aryl methyl sites for hydroxylation is 1. The first-order chi connectivity index (χ1) is 8.74. The number of aromatic nitrogens is 3. The number of aromatic amines is 1. The molecule has 0 aliphatic heterocycles. The highest BCUT2D eigenvalue weighted by Gasteiger charge is 2.11. The molecule has 0 aliphatic rings. The third-order valence-electron chi connectivity index (χ3n) is 2.66. The van der Waals surface area contributed by atoms with Gasteiger partial charge in [-0.25, -0.2) is 4.98 Å². The molecule has 1 amide bonds. The molecule has 3 rings (SSSR count). The Morgan fingerprint density at radius 2 is 2.33 bits per heavy atom. The van der Waals surface area contributed by atoms with Crippen LogP contribution >= 0.6 is 11.3 Å². The van der Waals surface area contributed by atoms with Gasteiger partial charge in [-0.05, 0) is 25.1 Å². The number of thiazole rings is 1. The third-order valence-corrected chi connectivity index (χ3v) is 3.46. The number of nitrogens with one attached hydrogen (secondary N) is 2. The first-order valence-electron chi connectivity index (χ1n) is 5.38. The molecule has 0 spiro atoms. The fourth-order valence-corrected chi connectivity index (χ4v) is 2.43. The molecule has 1 aromatic carbocycles. The van der Waals surface area contributed by atoms with Crippen LogP contribution in [0, 0.1) is 6.92 Å². The van der Waals surface area contributed by atoms with Gasteiger partial charge in [0.05, 0.1) is 27.5 Å². The first-order valence-corrected chi connectivity index (χ1v) is 6.26. The topological polar surface area (TPSA) is 70.7 Å². The zero-order valence-corrected chi connectivity index (χ0v) is 10.4. The Bertz CT molecular complexity index is 716. The van der Waals surface area contributed by atoms with Gasteiger partial charge >= 0.3 is 0 Å². The molecule has 0 saturated carbocycles. The molecule has 0 saturated heterocycles. The van der Waals surface area contributed by atoms with E-state index in [1.165, 1.54) is 6.20 Å². The molecule has 6 heteroatoms. The van der Waals surface area contributed by atoms with Crippen molar-refractivity contribution >= 4 is 33.1 Å². The van der Waals surface area contributed by atoms with Crippen LogP contribution in [0.3, 0.4) is 0 Å². The van der Waals surface area contributed by atoms with Crippen molar-refractivity contribution < 1.29 is 4.79 Å². The molecule has 2 N–H and O–H groups in total. The standard InChI is InChI=1S/C12H10N4OS/c1-7-9(5-14-16-7)12(17)15-8-2-3-10-11(4-8)18-6-13-10/h2-6H,1H3,(H,14,16)(H,15,17).